The lowest BCUT2D eigenvalue weighted by atomic mass is 10.0. The summed E-state index contributed by atoms with van der Waals surface area (Å²) in [6.45, 7) is 6.84. The lowest BCUT2D eigenvalue weighted by Crippen LogP contribution is -2.49. The Morgan fingerprint density at radius 3 is 2.68 bits per heavy atom. The van der Waals surface area contributed by atoms with Crippen molar-refractivity contribution < 1.29 is 9.53 Å². The van der Waals surface area contributed by atoms with Gasteiger partial charge < -0.3 is 4.74 Å². The molecule has 0 spiro atoms. The van der Waals surface area contributed by atoms with E-state index in [0.717, 1.165) is 17.4 Å². The lowest BCUT2D eigenvalue weighted by molar-refractivity contribution is -0.154. The third-order valence-corrected chi connectivity index (χ3v) is 3.85. The summed E-state index contributed by atoms with van der Waals surface area (Å²) in [5.41, 5.74) is 0.656. The minimum Gasteiger partial charge on any atom is -0.465 e. The molecule has 0 N–H and O–H groups in total. The molecule has 0 amide bonds. The van der Waals surface area contributed by atoms with Gasteiger partial charge >= 0.3 is 5.97 Å². The molecule has 1 rings (SSSR count). The van der Waals surface area contributed by atoms with E-state index in [-0.39, 0.29) is 5.97 Å². The molecular weight excluding hydrogens is 306 g/mol. The molecule has 0 fully saturated rings. The van der Waals surface area contributed by atoms with Gasteiger partial charge in [-0.1, -0.05) is 28.1 Å². The third kappa shape index (κ3) is 4.62. The largest absolute Gasteiger partial charge is 0.465 e. The summed E-state index contributed by atoms with van der Waals surface area (Å²) < 4.78 is 6.19. The van der Waals surface area contributed by atoms with Crippen LogP contribution in [0.3, 0.4) is 0 Å². The van der Waals surface area contributed by atoms with E-state index < -0.39 is 5.54 Å². The van der Waals surface area contributed by atoms with E-state index in [1.165, 1.54) is 5.56 Å². The van der Waals surface area contributed by atoms with Gasteiger partial charge in [-0.05, 0) is 51.9 Å². The van der Waals surface area contributed by atoms with Crippen LogP contribution in [-0.2, 0) is 16.0 Å². The number of esters is 1. The van der Waals surface area contributed by atoms with Crippen molar-refractivity contribution >= 4 is 21.9 Å². The van der Waals surface area contributed by atoms with Gasteiger partial charge in [-0.25, -0.2) is 0 Å². The molecule has 1 aromatic carbocycles. The average molecular weight is 328 g/mol. The van der Waals surface area contributed by atoms with Gasteiger partial charge in [0.05, 0.1) is 6.61 Å². The SMILES string of the molecule is CCOC(=O)C(C)(C)N(C)CCc1cccc(Br)c1. The maximum absolute atomic E-state index is 11.9. The van der Waals surface area contributed by atoms with Crippen molar-refractivity contribution in [3.63, 3.8) is 0 Å². The molecular formula is C15H22BrNO2. The molecule has 0 bridgehead atoms. The number of likely N-dealkylation sites (N-methyl/N-ethyl adjacent to an activating group) is 1. The topological polar surface area (TPSA) is 29.5 Å². The molecule has 0 heterocycles. The van der Waals surface area contributed by atoms with Gasteiger partial charge in [0, 0.05) is 11.0 Å². The zero-order valence-electron chi connectivity index (χ0n) is 12.1. The minimum absolute atomic E-state index is 0.174. The number of carbonyl (C=O) groups is 1. The second-order valence-electron chi connectivity index (χ2n) is 5.08. The Kier molecular flexibility index (Phi) is 6.01. The molecule has 0 aromatic heterocycles. The number of hydrogen-bond donors (Lipinski definition) is 0. The zero-order chi connectivity index (χ0) is 14.5. The summed E-state index contributed by atoms with van der Waals surface area (Å²) in [6, 6.07) is 8.23. The minimum atomic E-state index is -0.595. The number of hydrogen-bond acceptors (Lipinski definition) is 3. The van der Waals surface area contributed by atoms with Crippen LogP contribution < -0.4 is 0 Å². The van der Waals surface area contributed by atoms with Crippen LogP contribution in [0.1, 0.15) is 26.3 Å². The Bertz CT molecular complexity index is 432. The fourth-order valence-electron chi connectivity index (χ4n) is 1.73. The normalized spacial score (nSPS) is 11.7. The molecule has 106 valence electrons. The van der Waals surface area contributed by atoms with Crippen molar-refractivity contribution in [2.75, 3.05) is 20.2 Å². The maximum Gasteiger partial charge on any atom is 0.325 e. The van der Waals surface area contributed by atoms with E-state index in [4.69, 9.17) is 4.74 Å². The van der Waals surface area contributed by atoms with E-state index in [1.54, 1.807) is 0 Å². The van der Waals surface area contributed by atoms with Gasteiger partial charge in [0.25, 0.3) is 0 Å². The average Bonchev–Trinajstić information content (AvgIpc) is 2.36. The molecule has 0 aliphatic rings. The van der Waals surface area contributed by atoms with E-state index in [1.807, 2.05) is 44.9 Å². The number of halogens is 1. The van der Waals surface area contributed by atoms with Gasteiger partial charge in [0.1, 0.15) is 5.54 Å². The fraction of sp³-hybridized carbons (Fsp3) is 0.533. The molecule has 3 nitrogen and oxygen atoms in total. The molecule has 0 aliphatic heterocycles. The van der Waals surface area contributed by atoms with Crippen LogP contribution in [0, 0.1) is 0 Å². The summed E-state index contributed by atoms with van der Waals surface area (Å²) in [5.74, 6) is -0.174. The van der Waals surface area contributed by atoms with Gasteiger partial charge in [0.15, 0.2) is 0 Å². The first kappa shape index (κ1) is 16.2. The van der Waals surface area contributed by atoms with Gasteiger partial charge in [-0.3, -0.25) is 9.69 Å². The molecule has 0 atom stereocenters. The highest BCUT2D eigenvalue weighted by atomic mass is 79.9. The molecule has 0 radical (unpaired) electrons. The van der Waals surface area contributed by atoms with Crippen LogP contribution >= 0.6 is 15.9 Å². The predicted molar refractivity (Wildman–Crippen MR) is 81.2 cm³/mol. The number of benzene rings is 1. The highest BCUT2D eigenvalue weighted by Gasteiger charge is 2.33. The van der Waals surface area contributed by atoms with E-state index in [2.05, 4.69) is 28.1 Å². The first-order valence-electron chi connectivity index (χ1n) is 6.50. The van der Waals surface area contributed by atoms with Crippen LogP contribution in [0.4, 0.5) is 0 Å². The van der Waals surface area contributed by atoms with E-state index in [9.17, 15) is 4.79 Å². The smallest absolute Gasteiger partial charge is 0.325 e. The predicted octanol–water partition coefficient (Wildman–Crippen LogP) is 3.27. The molecule has 0 saturated carbocycles. The van der Waals surface area contributed by atoms with Crippen molar-refractivity contribution in [2.45, 2.75) is 32.7 Å². The van der Waals surface area contributed by atoms with Crippen LogP contribution in [0.25, 0.3) is 0 Å². The Morgan fingerprint density at radius 1 is 1.42 bits per heavy atom. The Hall–Kier alpha value is -0.870. The number of nitrogens with zero attached hydrogens (tertiary/aromatic N) is 1. The Morgan fingerprint density at radius 2 is 2.11 bits per heavy atom. The molecule has 0 aliphatic carbocycles. The summed E-state index contributed by atoms with van der Waals surface area (Å²) >= 11 is 3.46. The second-order valence-corrected chi connectivity index (χ2v) is 6.00. The summed E-state index contributed by atoms with van der Waals surface area (Å²) in [4.78, 5) is 13.9. The second kappa shape index (κ2) is 7.06. The molecule has 4 heteroatoms. The van der Waals surface area contributed by atoms with Gasteiger partial charge in [-0.2, -0.15) is 0 Å². The van der Waals surface area contributed by atoms with Crippen molar-refractivity contribution in [1.29, 1.82) is 0 Å². The van der Waals surface area contributed by atoms with Crippen molar-refractivity contribution in [3.05, 3.63) is 34.3 Å². The van der Waals surface area contributed by atoms with Crippen LogP contribution in [0.5, 0.6) is 0 Å². The monoisotopic (exact) mass is 327 g/mol. The zero-order valence-corrected chi connectivity index (χ0v) is 13.7. The van der Waals surface area contributed by atoms with Crippen LogP contribution in [0.15, 0.2) is 28.7 Å². The summed E-state index contributed by atoms with van der Waals surface area (Å²) in [5, 5.41) is 0. The van der Waals surface area contributed by atoms with Gasteiger partial charge in [-0.15, -0.1) is 0 Å². The van der Waals surface area contributed by atoms with Crippen LogP contribution in [-0.4, -0.2) is 36.6 Å². The standard InChI is InChI=1S/C15H22BrNO2/c1-5-19-14(18)15(2,3)17(4)10-9-12-7-6-8-13(16)11-12/h6-8,11H,5,9-10H2,1-4H3. The molecule has 0 saturated heterocycles. The van der Waals surface area contributed by atoms with Crippen molar-refractivity contribution in [2.24, 2.45) is 0 Å². The fourth-order valence-corrected chi connectivity index (χ4v) is 2.18. The molecule has 0 unspecified atom stereocenters. The number of rotatable bonds is 6. The quantitative estimate of drug-likeness (QED) is 0.751. The van der Waals surface area contributed by atoms with Crippen LogP contribution in [0.2, 0.25) is 0 Å². The summed E-state index contributed by atoms with van der Waals surface area (Å²) in [7, 11) is 1.95. The maximum atomic E-state index is 11.9. The van der Waals surface area contributed by atoms with Gasteiger partial charge in [0.2, 0.25) is 0 Å². The first-order valence-corrected chi connectivity index (χ1v) is 7.30. The highest BCUT2D eigenvalue weighted by molar-refractivity contribution is 9.10. The number of ether oxygens (including phenoxy) is 1. The third-order valence-electron chi connectivity index (χ3n) is 3.35. The van der Waals surface area contributed by atoms with E-state index in [0.29, 0.717) is 6.61 Å². The molecule has 1 aromatic rings. The number of carbonyl (C=O) groups excluding carboxylic acids is 1. The Labute approximate surface area is 124 Å². The van der Waals surface area contributed by atoms with Crippen molar-refractivity contribution in [3.8, 4) is 0 Å². The lowest BCUT2D eigenvalue weighted by Gasteiger charge is -2.33. The van der Waals surface area contributed by atoms with Crippen molar-refractivity contribution in [1.82, 2.24) is 4.90 Å². The Balaban J connectivity index is 2.59. The van der Waals surface area contributed by atoms with E-state index >= 15 is 0 Å². The summed E-state index contributed by atoms with van der Waals surface area (Å²) in [6.07, 6.45) is 0.902. The highest BCUT2D eigenvalue weighted by Crippen LogP contribution is 2.17. The molecule has 19 heavy (non-hydrogen) atoms. The first-order chi connectivity index (χ1) is 8.87.